The number of nitro groups is 1. The molecule has 21 heteroatoms. The zero-order chi connectivity index (χ0) is 40.3. The van der Waals surface area contributed by atoms with Gasteiger partial charge >= 0.3 is 24.1 Å². The summed E-state index contributed by atoms with van der Waals surface area (Å²) >= 11 is 6.27. The molecule has 1 aliphatic rings. The van der Waals surface area contributed by atoms with Crippen molar-refractivity contribution in [3.8, 4) is 0 Å². The van der Waals surface area contributed by atoms with Crippen molar-refractivity contribution in [2.45, 2.75) is 97.3 Å². The van der Waals surface area contributed by atoms with Gasteiger partial charge in [0.25, 0.3) is 5.69 Å². The minimum atomic E-state index is -2.25. The Kier molecular flexibility index (Phi) is 12.5. The van der Waals surface area contributed by atoms with Crippen LogP contribution >= 0.6 is 11.6 Å². The number of nitrogens with zero attached hydrogens (tertiary/aromatic N) is 6. The Labute approximate surface area is 312 Å². The summed E-state index contributed by atoms with van der Waals surface area (Å²) in [4.78, 5) is 87.9. The number of imide groups is 1. The van der Waals surface area contributed by atoms with Crippen molar-refractivity contribution < 1.29 is 61.7 Å². The molecular weight excluding hydrogens is 743 g/mol. The normalized spacial score (nSPS) is 19.1. The van der Waals surface area contributed by atoms with Gasteiger partial charge in [0.05, 0.1) is 30.0 Å². The molecule has 0 spiro atoms. The Morgan fingerprint density at radius 2 is 1.63 bits per heavy atom. The van der Waals surface area contributed by atoms with Crippen molar-refractivity contribution in [2.24, 2.45) is 0 Å². The highest BCUT2D eigenvalue weighted by atomic mass is 35.5. The highest BCUT2D eigenvalue weighted by Crippen LogP contribution is 2.38. The number of non-ortho nitro benzene ring substituents is 1. The van der Waals surface area contributed by atoms with Gasteiger partial charge in [0, 0.05) is 12.1 Å². The van der Waals surface area contributed by atoms with E-state index in [1.54, 1.807) is 41.5 Å². The fourth-order valence-corrected chi connectivity index (χ4v) is 5.10. The van der Waals surface area contributed by atoms with E-state index in [4.69, 9.17) is 40.0 Å². The van der Waals surface area contributed by atoms with Gasteiger partial charge in [-0.3, -0.25) is 19.5 Å². The van der Waals surface area contributed by atoms with Crippen molar-refractivity contribution >= 4 is 64.2 Å². The van der Waals surface area contributed by atoms with Crippen LogP contribution in [0.5, 0.6) is 0 Å². The molecule has 5 atom stereocenters. The topological polar surface area (TPSA) is 231 Å². The van der Waals surface area contributed by atoms with Gasteiger partial charge < -0.3 is 28.4 Å². The van der Waals surface area contributed by atoms with E-state index >= 15 is 4.39 Å². The fraction of sp³-hybridized carbons (Fsp3) is 0.515. The number of carbonyl (C=O) groups excluding carboxylic acids is 5. The first-order valence-corrected chi connectivity index (χ1v) is 16.7. The Morgan fingerprint density at radius 1 is 1.04 bits per heavy atom. The monoisotopic (exact) mass is 780 g/mol. The lowest BCUT2D eigenvalue weighted by atomic mass is 10.1. The van der Waals surface area contributed by atoms with Crippen LogP contribution in [0.3, 0.4) is 0 Å². The number of fused-ring (bicyclic) bond motifs is 1. The lowest BCUT2D eigenvalue weighted by Crippen LogP contribution is -2.44. The van der Waals surface area contributed by atoms with Crippen LogP contribution in [-0.4, -0.2) is 103 Å². The van der Waals surface area contributed by atoms with Crippen LogP contribution in [0, 0.1) is 10.1 Å². The van der Waals surface area contributed by atoms with E-state index in [-0.39, 0.29) is 29.0 Å². The minimum absolute atomic E-state index is 0.0740. The third-order valence-electron chi connectivity index (χ3n) is 7.13. The second-order valence-corrected chi connectivity index (χ2v) is 14.0. The maximum absolute atomic E-state index is 16.6. The molecule has 0 saturated carbocycles. The van der Waals surface area contributed by atoms with E-state index in [1.807, 2.05) is 0 Å². The summed E-state index contributed by atoms with van der Waals surface area (Å²) in [5.41, 5.74) is -3.18. The number of hydrogen-bond donors (Lipinski definition) is 0. The number of anilines is 1. The molecule has 54 heavy (non-hydrogen) atoms. The molecule has 4 rings (SSSR count). The van der Waals surface area contributed by atoms with Gasteiger partial charge in [0.15, 0.2) is 41.3 Å². The van der Waals surface area contributed by atoms with Crippen molar-refractivity contribution in [2.75, 3.05) is 18.1 Å². The van der Waals surface area contributed by atoms with Crippen molar-refractivity contribution in [3.63, 3.8) is 0 Å². The zero-order valence-corrected chi connectivity index (χ0v) is 31.2. The van der Waals surface area contributed by atoms with Gasteiger partial charge in [-0.15, -0.1) is 0 Å². The van der Waals surface area contributed by atoms with Crippen molar-refractivity contribution in [3.05, 3.63) is 51.6 Å². The highest BCUT2D eigenvalue weighted by Gasteiger charge is 2.50. The lowest BCUT2D eigenvalue weighted by Gasteiger charge is -2.28. The number of Topliss-reactive ketones (excluding diaryl/α,β-unsaturated/α-hetero) is 1. The largest absolute Gasteiger partial charge is 0.464 e. The summed E-state index contributed by atoms with van der Waals surface area (Å²) < 4.78 is 50.3. The summed E-state index contributed by atoms with van der Waals surface area (Å²) in [6.07, 6.45) is -10.4. The van der Waals surface area contributed by atoms with E-state index < -0.39 is 94.5 Å². The second-order valence-electron chi connectivity index (χ2n) is 13.7. The van der Waals surface area contributed by atoms with Crippen LogP contribution in [0.25, 0.3) is 11.2 Å². The number of hydrogen-bond acceptors (Lipinski definition) is 16. The van der Waals surface area contributed by atoms with Gasteiger partial charge in [0.1, 0.15) is 17.3 Å². The number of nitro benzene ring substituents is 1. The standard InChI is InChI=1S/C33H38ClFN6O13/c1-9-49-28(44)22(16(2)42)50-14-19-23(52-27(43)17-10-12-18(13-11-17)41(47)48)20(35)26(51-19)39-15-36-21-24(39)37-29(34)38-25(21)40(30(45)53-32(3,4)5)31(46)54-33(6,7)8/h10-13,15,19-20,22-23,26H,9,14H2,1-8H3/t19-,20+,22?,23+,26-/m1/s1. The molecule has 3 heterocycles. The molecule has 2 aromatic heterocycles. The van der Waals surface area contributed by atoms with Crippen molar-refractivity contribution in [1.82, 2.24) is 19.5 Å². The molecule has 1 aliphatic heterocycles. The molecule has 1 saturated heterocycles. The van der Waals surface area contributed by atoms with Gasteiger partial charge in [-0.2, -0.15) is 14.9 Å². The molecule has 0 radical (unpaired) electrons. The smallest absolute Gasteiger partial charge is 0.425 e. The van der Waals surface area contributed by atoms with Gasteiger partial charge in [-0.05, 0) is 79.1 Å². The molecule has 19 nitrogen and oxygen atoms in total. The molecule has 1 unspecified atom stereocenters. The maximum atomic E-state index is 16.6. The first kappa shape index (κ1) is 41.4. The van der Waals surface area contributed by atoms with Gasteiger partial charge in [-0.25, -0.2) is 28.6 Å². The number of alkyl halides is 1. The van der Waals surface area contributed by atoms with E-state index in [9.17, 15) is 34.1 Å². The van der Waals surface area contributed by atoms with E-state index in [0.29, 0.717) is 4.90 Å². The molecule has 3 aromatic rings. The lowest BCUT2D eigenvalue weighted by molar-refractivity contribution is -0.384. The third-order valence-corrected chi connectivity index (χ3v) is 7.30. The molecule has 0 aliphatic carbocycles. The molecule has 292 valence electrons. The SMILES string of the molecule is CCOC(=O)C(OC[C@H]1O[C@@H](n2cnc3c(N(C(=O)OC(C)(C)C)C(=O)OC(C)(C)C)nc(Cl)nc32)[C@@H](F)[C@H]1OC(=O)c1ccc([N+](=O)[O-])cc1)C(C)=O. The number of ketones is 1. The first-order valence-electron chi connectivity index (χ1n) is 16.3. The quantitative estimate of drug-likeness (QED) is 0.0618. The Morgan fingerprint density at radius 3 is 2.15 bits per heavy atom. The molecular formula is C33H38ClFN6O13. The van der Waals surface area contributed by atoms with Crippen LogP contribution in [-0.2, 0) is 38.0 Å². The fourth-order valence-electron chi connectivity index (χ4n) is 4.94. The van der Waals surface area contributed by atoms with Crippen LogP contribution in [0.1, 0.15) is 72.0 Å². The van der Waals surface area contributed by atoms with Gasteiger partial charge in [0.2, 0.25) is 11.4 Å². The maximum Gasteiger partial charge on any atom is 0.425 e. The van der Waals surface area contributed by atoms with Gasteiger partial charge in [-0.1, -0.05) is 0 Å². The minimum Gasteiger partial charge on any atom is -0.464 e. The van der Waals surface area contributed by atoms with Crippen molar-refractivity contribution in [1.29, 1.82) is 0 Å². The second kappa shape index (κ2) is 16.4. The number of carbonyl (C=O) groups is 5. The number of aromatic nitrogens is 4. The van der Waals surface area contributed by atoms with E-state index in [1.165, 1.54) is 6.92 Å². The predicted molar refractivity (Wildman–Crippen MR) is 183 cm³/mol. The molecule has 0 bridgehead atoms. The highest BCUT2D eigenvalue weighted by molar-refractivity contribution is 6.29. The molecule has 1 aromatic carbocycles. The summed E-state index contributed by atoms with van der Waals surface area (Å²) in [7, 11) is 0. The van der Waals surface area contributed by atoms with Crippen LogP contribution in [0.2, 0.25) is 5.28 Å². The zero-order valence-electron chi connectivity index (χ0n) is 30.4. The predicted octanol–water partition coefficient (Wildman–Crippen LogP) is 5.06. The average Bonchev–Trinajstić information content (AvgIpc) is 3.59. The Balaban J connectivity index is 1.76. The molecule has 2 amide bonds. The summed E-state index contributed by atoms with van der Waals surface area (Å²) in [5, 5.41) is 10.6. The van der Waals surface area contributed by atoms with Crippen LogP contribution < -0.4 is 4.90 Å². The molecule has 0 N–H and O–H groups in total. The Hall–Kier alpha value is -5.34. The first-order chi connectivity index (χ1) is 25.1. The summed E-state index contributed by atoms with van der Waals surface area (Å²) in [6.45, 7) is 11.2. The summed E-state index contributed by atoms with van der Waals surface area (Å²) in [6, 6.07) is 4.30. The van der Waals surface area contributed by atoms with Crippen LogP contribution in [0.4, 0.5) is 25.5 Å². The number of amides is 2. The number of esters is 2. The van der Waals surface area contributed by atoms with Crippen LogP contribution in [0.15, 0.2) is 30.6 Å². The number of rotatable bonds is 11. The number of ether oxygens (including phenoxy) is 6. The number of benzene rings is 1. The van der Waals surface area contributed by atoms with E-state index in [0.717, 1.165) is 42.1 Å². The summed E-state index contributed by atoms with van der Waals surface area (Å²) in [5.74, 6) is -3.35. The number of halogens is 2. The average molecular weight is 781 g/mol. The molecule has 1 fully saturated rings. The Bertz CT molecular complexity index is 1900. The third kappa shape index (κ3) is 9.79. The van der Waals surface area contributed by atoms with E-state index in [2.05, 4.69) is 15.0 Å². The number of imidazole rings is 1.